The first-order chi connectivity index (χ1) is 10.3. The van der Waals surface area contributed by atoms with E-state index in [1.807, 2.05) is 6.20 Å². The maximum absolute atomic E-state index is 4.47. The molecule has 0 aliphatic carbocycles. The van der Waals surface area contributed by atoms with E-state index in [1.165, 1.54) is 23.9 Å². The zero-order valence-corrected chi connectivity index (χ0v) is 13.0. The third-order valence-electron chi connectivity index (χ3n) is 4.74. The summed E-state index contributed by atoms with van der Waals surface area (Å²) < 4.78 is 0. The molecule has 1 N–H and O–H groups in total. The Balaban J connectivity index is 1.74. The van der Waals surface area contributed by atoms with E-state index in [0.29, 0.717) is 6.04 Å². The first-order valence-electron chi connectivity index (χ1n) is 8.11. The highest BCUT2D eigenvalue weighted by Gasteiger charge is 2.24. The van der Waals surface area contributed by atoms with E-state index in [0.717, 1.165) is 31.1 Å². The van der Waals surface area contributed by atoms with Crippen LogP contribution in [0.5, 0.6) is 0 Å². The van der Waals surface area contributed by atoms with Crippen LogP contribution in [0.4, 0.5) is 5.69 Å². The number of rotatable bonds is 4. The minimum absolute atomic E-state index is 0.631. The number of fused-ring (bicyclic) bond motifs is 1. The monoisotopic (exact) mass is 283 g/mol. The summed E-state index contributed by atoms with van der Waals surface area (Å²) in [5.41, 5.74) is 2.44. The molecule has 2 heterocycles. The van der Waals surface area contributed by atoms with Gasteiger partial charge in [0.25, 0.3) is 0 Å². The predicted octanol–water partition coefficient (Wildman–Crippen LogP) is 3.45. The smallest absolute Gasteiger partial charge is 0.0722 e. The van der Waals surface area contributed by atoms with Gasteiger partial charge in [-0.15, -0.1) is 0 Å². The summed E-state index contributed by atoms with van der Waals surface area (Å²) in [4.78, 5) is 6.99. The summed E-state index contributed by atoms with van der Waals surface area (Å²) in [6, 6.07) is 11.2. The first kappa shape index (κ1) is 14.3. The molecule has 3 heteroatoms. The van der Waals surface area contributed by atoms with Gasteiger partial charge in [-0.3, -0.25) is 4.98 Å². The summed E-state index contributed by atoms with van der Waals surface area (Å²) in [6.07, 6.45) is 4.47. The van der Waals surface area contributed by atoms with Crippen molar-refractivity contribution in [3.63, 3.8) is 0 Å². The van der Waals surface area contributed by atoms with Crippen LogP contribution < -0.4 is 10.2 Å². The number of pyridine rings is 1. The Hall–Kier alpha value is -1.61. The quantitative estimate of drug-likeness (QED) is 0.931. The van der Waals surface area contributed by atoms with Gasteiger partial charge in [-0.25, -0.2) is 0 Å². The summed E-state index contributed by atoms with van der Waals surface area (Å²) in [5, 5.41) is 4.85. The molecule has 1 saturated heterocycles. The zero-order chi connectivity index (χ0) is 14.7. The van der Waals surface area contributed by atoms with Crippen LogP contribution in [0.25, 0.3) is 10.9 Å². The molecule has 1 aromatic heterocycles. The van der Waals surface area contributed by atoms with Gasteiger partial charge < -0.3 is 10.2 Å². The van der Waals surface area contributed by atoms with E-state index in [1.54, 1.807) is 0 Å². The van der Waals surface area contributed by atoms with Crippen LogP contribution in [-0.4, -0.2) is 30.7 Å². The summed E-state index contributed by atoms with van der Waals surface area (Å²) in [5.74, 6) is 0.800. The van der Waals surface area contributed by atoms with Crippen molar-refractivity contribution in [3.8, 4) is 0 Å². The Morgan fingerprint density at radius 1 is 1.24 bits per heavy atom. The second-order valence-corrected chi connectivity index (χ2v) is 6.02. The molecule has 1 atom stereocenters. The van der Waals surface area contributed by atoms with Crippen molar-refractivity contribution in [2.75, 3.05) is 24.5 Å². The molecule has 0 amide bonds. The minimum Gasteiger partial charge on any atom is -0.371 e. The summed E-state index contributed by atoms with van der Waals surface area (Å²) in [6.45, 7) is 7.87. The fourth-order valence-electron chi connectivity index (χ4n) is 3.49. The molecule has 3 nitrogen and oxygen atoms in total. The molecule has 0 radical (unpaired) electrons. The molecule has 0 spiro atoms. The lowest BCUT2D eigenvalue weighted by Gasteiger charge is -2.36. The van der Waals surface area contributed by atoms with Gasteiger partial charge >= 0.3 is 0 Å². The van der Waals surface area contributed by atoms with Gasteiger partial charge in [-0.2, -0.15) is 0 Å². The standard InChI is InChI=1S/C18H25N3/c1-3-19-14(2)15-9-12-21(13-10-15)18-8-11-20-17-7-5-4-6-16(17)18/h4-8,11,14-15,19H,3,9-10,12-13H2,1-2H3. The molecule has 21 heavy (non-hydrogen) atoms. The van der Waals surface area contributed by atoms with Gasteiger partial charge in [0, 0.05) is 36.4 Å². The van der Waals surface area contributed by atoms with Crippen LogP contribution in [0.15, 0.2) is 36.5 Å². The van der Waals surface area contributed by atoms with E-state index < -0.39 is 0 Å². The number of benzene rings is 1. The third kappa shape index (κ3) is 3.03. The SMILES string of the molecule is CCNC(C)C1CCN(c2ccnc3ccccc23)CC1. The molecule has 1 aliphatic rings. The van der Waals surface area contributed by atoms with Crippen molar-refractivity contribution in [2.24, 2.45) is 5.92 Å². The van der Waals surface area contributed by atoms with Crippen LogP contribution in [0.3, 0.4) is 0 Å². The topological polar surface area (TPSA) is 28.2 Å². The van der Waals surface area contributed by atoms with Crippen molar-refractivity contribution in [3.05, 3.63) is 36.5 Å². The maximum Gasteiger partial charge on any atom is 0.0722 e. The zero-order valence-electron chi connectivity index (χ0n) is 13.0. The molecule has 0 bridgehead atoms. The van der Waals surface area contributed by atoms with E-state index in [-0.39, 0.29) is 0 Å². The van der Waals surface area contributed by atoms with Gasteiger partial charge in [0.2, 0.25) is 0 Å². The second kappa shape index (κ2) is 6.44. The molecule has 2 aromatic rings. The van der Waals surface area contributed by atoms with Gasteiger partial charge in [-0.05, 0) is 44.4 Å². The normalized spacial score (nSPS) is 18.1. The Bertz CT molecular complexity index is 583. The van der Waals surface area contributed by atoms with Crippen LogP contribution in [0.1, 0.15) is 26.7 Å². The number of anilines is 1. The van der Waals surface area contributed by atoms with Crippen LogP contribution >= 0.6 is 0 Å². The number of piperidine rings is 1. The molecule has 0 saturated carbocycles. The third-order valence-corrected chi connectivity index (χ3v) is 4.74. The number of hydrogen-bond donors (Lipinski definition) is 1. The molecule has 112 valence electrons. The Morgan fingerprint density at radius 3 is 2.76 bits per heavy atom. The molecule has 1 aromatic carbocycles. The van der Waals surface area contributed by atoms with Gasteiger partial charge in [0.15, 0.2) is 0 Å². The van der Waals surface area contributed by atoms with Crippen molar-refractivity contribution in [2.45, 2.75) is 32.7 Å². The lowest BCUT2D eigenvalue weighted by atomic mass is 9.90. The largest absolute Gasteiger partial charge is 0.371 e. The van der Waals surface area contributed by atoms with Gasteiger partial charge in [-0.1, -0.05) is 25.1 Å². The minimum atomic E-state index is 0.631. The Morgan fingerprint density at radius 2 is 2.00 bits per heavy atom. The van der Waals surface area contributed by atoms with Crippen LogP contribution in [-0.2, 0) is 0 Å². The van der Waals surface area contributed by atoms with E-state index >= 15 is 0 Å². The fourth-order valence-corrected chi connectivity index (χ4v) is 3.49. The van der Waals surface area contributed by atoms with Crippen molar-refractivity contribution in [1.82, 2.24) is 10.3 Å². The second-order valence-electron chi connectivity index (χ2n) is 6.02. The number of hydrogen-bond acceptors (Lipinski definition) is 3. The highest BCUT2D eigenvalue weighted by Crippen LogP contribution is 2.30. The maximum atomic E-state index is 4.47. The lowest BCUT2D eigenvalue weighted by molar-refractivity contribution is 0.315. The molecular weight excluding hydrogens is 258 g/mol. The highest BCUT2D eigenvalue weighted by molar-refractivity contribution is 5.91. The molecule has 3 rings (SSSR count). The summed E-state index contributed by atoms with van der Waals surface area (Å²) >= 11 is 0. The average molecular weight is 283 g/mol. The van der Waals surface area contributed by atoms with E-state index in [9.17, 15) is 0 Å². The fraction of sp³-hybridized carbons (Fsp3) is 0.500. The van der Waals surface area contributed by atoms with Crippen molar-refractivity contribution in [1.29, 1.82) is 0 Å². The van der Waals surface area contributed by atoms with Gasteiger partial charge in [0.05, 0.1) is 5.52 Å². The average Bonchev–Trinajstić information content (AvgIpc) is 2.55. The molecule has 1 unspecified atom stereocenters. The van der Waals surface area contributed by atoms with E-state index in [4.69, 9.17) is 0 Å². The molecule has 1 fully saturated rings. The number of nitrogens with zero attached hydrogens (tertiary/aromatic N) is 2. The molecular formula is C18H25N3. The van der Waals surface area contributed by atoms with Crippen LogP contribution in [0.2, 0.25) is 0 Å². The van der Waals surface area contributed by atoms with E-state index in [2.05, 4.69) is 59.4 Å². The van der Waals surface area contributed by atoms with Crippen molar-refractivity contribution < 1.29 is 0 Å². The van der Waals surface area contributed by atoms with Crippen molar-refractivity contribution >= 4 is 16.6 Å². The lowest BCUT2D eigenvalue weighted by Crippen LogP contribution is -2.42. The summed E-state index contributed by atoms with van der Waals surface area (Å²) in [7, 11) is 0. The predicted molar refractivity (Wildman–Crippen MR) is 89.8 cm³/mol. The Kier molecular flexibility index (Phi) is 4.39. The number of nitrogens with one attached hydrogen (secondary N) is 1. The van der Waals surface area contributed by atoms with Crippen LogP contribution in [0, 0.1) is 5.92 Å². The Labute approximate surface area is 127 Å². The molecule has 1 aliphatic heterocycles. The highest BCUT2D eigenvalue weighted by atomic mass is 15.1. The first-order valence-corrected chi connectivity index (χ1v) is 8.11. The number of para-hydroxylation sites is 1. The number of aromatic nitrogens is 1. The van der Waals surface area contributed by atoms with Gasteiger partial charge in [0.1, 0.15) is 0 Å².